The number of likely N-dealkylation sites (tertiary alicyclic amines) is 1. The van der Waals surface area contributed by atoms with Crippen molar-refractivity contribution in [3.8, 4) is 11.1 Å². The SMILES string of the molecule is CCCN(CCNSC)C(=O)C1=Cc2ccc(-c3ccc(C(=O)N4CCCC4)cc3)cc2N=C(N)C1. The fraction of sp³-hybridized carbons (Fsp3) is 0.393. The van der Waals surface area contributed by atoms with E-state index in [1.807, 2.05) is 64.6 Å². The molecule has 1 fully saturated rings. The van der Waals surface area contributed by atoms with Crippen molar-refractivity contribution >= 4 is 41.4 Å². The first kappa shape index (κ1) is 26.0. The monoisotopic (exact) mass is 505 g/mol. The summed E-state index contributed by atoms with van der Waals surface area (Å²) in [7, 11) is 0. The second kappa shape index (κ2) is 12.2. The predicted octanol–water partition coefficient (Wildman–Crippen LogP) is 4.47. The zero-order valence-electron chi connectivity index (χ0n) is 21.1. The molecule has 0 radical (unpaired) electrons. The zero-order chi connectivity index (χ0) is 25.5. The summed E-state index contributed by atoms with van der Waals surface area (Å²) in [6, 6.07) is 13.8. The van der Waals surface area contributed by atoms with E-state index in [4.69, 9.17) is 5.73 Å². The number of rotatable bonds is 9. The van der Waals surface area contributed by atoms with Crippen LogP contribution in [-0.2, 0) is 4.79 Å². The van der Waals surface area contributed by atoms with E-state index in [2.05, 4.69) is 16.6 Å². The van der Waals surface area contributed by atoms with Crippen LogP contribution in [0.3, 0.4) is 0 Å². The number of nitrogens with two attached hydrogens (primary N) is 1. The van der Waals surface area contributed by atoms with Gasteiger partial charge in [0.25, 0.3) is 5.91 Å². The van der Waals surface area contributed by atoms with E-state index in [0.717, 1.165) is 61.3 Å². The van der Waals surface area contributed by atoms with Crippen LogP contribution in [0.1, 0.15) is 48.5 Å². The summed E-state index contributed by atoms with van der Waals surface area (Å²) in [5.74, 6) is 0.533. The summed E-state index contributed by atoms with van der Waals surface area (Å²) in [4.78, 5) is 34.4. The first-order valence-corrected chi connectivity index (χ1v) is 13.8. The first-order chi connectivity index (χ1) is 17.5. The third-order valence-electron chi connectivity index (χ3n) is 6.54. The van der Waals surface area contributed by atoms with Gasteiger partial charge in [0.15, 0.2) is 0 Å². The fourth-order valence-corrected chi connectivity index (χ4v) is 4.98. The number of fused-ring (bicyclic) bond motifs is 1. The average Bonchev–Trinajstić information content (AvgIpc) is 3.37. The zero-order valence-corrected chi connectivity index (χ0v) is 21.9. The number of aliphatic imine (C=N–C) groups is 1. The number of nitrogens with one attached hydrogen (secondary N) is 1. The Labute approximate surface area is 218 Å². The fourth-order valence-electron chi connectivity index (χ4n) is 4.69. The van der Waals surface area contributed by atoms with Crippen molar-refractivity contribution in [1.82, 2.24) is 14.5 Å². The number of amides is 2. The Bertz CT molecular complexity index is 1150. The number of nitrogens with zero attached hydrogens (tertiary/aromatic N) is 3. The maximum Gasteiger partial charge on any atom is 0.253 e. The second-order valence-corrected chi connectivity index (χ2v) is 9.89. The molecule has 36 heavy (non-hydrogen) atoms. The Morgan fingerprint density at radius 1 is 1.08 bits per heavy atom. The minimum atomic E-state index is 0.00749. The molecule has 0 bridgehead atoms. The van der Waals surface area contributed by atoms with Gasteiger partial charge in [-0.25, -0.2) is 4.99 Å². The van der Waals surface area contributed by atoms with Crippen LogP contribution in [0, 0.1) is 0 Å². The summed E-state index contributed by atoms with van der Waals surface area (Å²) in [5.41, 5.74) is 11.2. The highest BCUT2D eigenvalue weighted by Crippen LogP contribution is 2.32. The molecule has 0 atom stereocenters. The Hall–Kier alpha value is -3.10. The van der Waals surface area contributed by atoms with E-state index in [0.29, 0.717) is 36.5 Å². The molecule has 1 saturated heterocycles. The predicted molar refractivity (Wildman–Crippen MR) is 149 cm³/mol. The molecule has 190 valence electrons. The molecule has 0 saturated carbocycles. The van der Waals surface area contributed by atoms with Crippen LogP contribution in [-0.4, -0.2) is 66.4 Å². The Morgan fingerprint density at radius 2 is 1.81 bits per heavy atom. The van der Waals surface area contributed by atoms with Crippen molar-refractivity contribution in [2.75, 3.05) is 39.0 Å². The molecule has 2 aromatic carbocycles. The second-order valence-electron chi connectivity index (χ2n) is 9.19. The van der Waals surface area contributed by atoms with E-state index in [-0.39, 0.29) is 11.8 Å². The third kappa shape index (κ3) is 6.17. The van der Waals surface area contributed by atoms with Crippen LogP contribution in [0.2, 0.25) is 0 Å². The first-order valence-electron chi connectivity index (χ1n) is 12.6. The van der Waals surface area contributed by atoms with E-state index in [1.54, 1.807) is 11.9 Å². The van der Waals surface area contributed by atoms with E-state index in [1.165, 1.54) is 0 Å². The van der Waals surface area contributed by atoms with Gasteiger partial charge in [0.1, 0.15) is 5.84 Å². The van der Waals surface area contributed by atoms with Crippen LogP contribution in [0.15, 0.2) is 53.0 Å². The molecule has 2 amide bonds. The standard InChI is InChI=1S/C28H35N5O2S/c1-3-13-32(16-12-30-36-2)28(35)24-17-23-11-10-22(18-25(23)31-26(29)19-24)20-6-8-21(9-7-20)27(34)33-14-4-5-15-33/h6-11,17-18,30H,3-5,12-16,19H2,1-2H3,(H2,29,31). The Morgan fingerprint density at radius 3 is 2.50 bits per heavy atom. The van der Waals surface area contributed by atoms with Crippen LogP contribution >= 0.6 is 11.9 Å². The van der Waals surface area contributed by atoms with Crippen LogP contribution < -0.4 is 10.5 Å². The number of carbonyl (C=O) groups is 2. The van der Waals surface area contributed by atoms with Crippen LogP contribution in [0.25, 0.3) is 17.2 Å². The quantitative estimate of drug-likeness (QED) is 0.388. The van der Waals surface area contributed by atoms with Gasteiger partial charge in [-0.2, -0.15) is 0 Å². The van der Waals surface area contributed by atoms with Crippen molar-refractivity contribution in [2.45, 2.75) is 32.6 Å². The summed E-state index contributed by atoms with van der Waals surface area (Å²) in [5, 5.41) is 0. The van der Waals surface area contributed by atoms with Gasteiger partial charge in [-0.15, -0.1) is 0 Å². The van der Waals surface area contributed by atoms with E-state index < -0.39 is 0 Å². The third-order valence-corrected chi connectivity index (χ3v) is 7.03. The molecule has 0 spiro atoms. The van der Waals surface area contributed by atoms with Gasteiger partial charge in [-0.1, -0.05) is 43.1 Å². The van der Waals surface area contributed by atoms with E-state index >= 15 is 0 Å². The molecular formula is C28H35N5O2S. The molecule has 2 aliphatic rings. The number of hydrogen-bond donors (Lipinski definition) is 2. The van der Waals surface area contributed by atoms with Gasteiger partial charge in [0.05, 0.1) is 5.69 Å². The molecular weight excluding hydrogens is 470 g/mol. The molecule has 0 aromatic heterocycles. The maximum absolute atomic E-state index is 13.3. The summed E-state index contributed by atoms with van der Waals surface area (Å²) < 4.78 is 3.21. The number of benzene rings is 2. The van der Waals surface area contributed by atoms with Crippen molar-refractivity contribution in [3.63, 3.8) is 0 Å². The van der Waals surface area contributed by atoms with Gasteiger partial charge in [0.2, 0.25) is 5.91 Å². The van der Waals surface area contributed by atoms with Crippen LogP contribution in [0.4, 0.5) is 5.69 Å². The molecule has 7 nitrogen and oxygen atoms in total. The largest absolute Gasteiger partial charge is 0.387 e. The highest BCUT2D eigenvalue weighted by Gasteiger charge is 2.22. The van der Waals surface area contributed by atoms with E-state index in [9.17, 15) is 9.59 Å². The van der Waals surface area contributed by atoms with Crippen molar-refractivity contribution < 1.29 is 9.59 Å². The minimum Gasteiger partial charge on any atom is -0.387 e. The van der Waals surface area contributed by atoms with Gasteiger partial charge in [-0.05, 0) is 60.9 Å². The minimum absolute atomic E-state index is 0.00749. The Kier molecular flexibility index (Phi) is 8.83. The molecule has 8 heteroatoms. The molecule has 0 unspecified atom stereocenters. The topological polar surface area (TPSA) is 91.0 Å². The molecule has 2 aliphatic heterocycles. The lowest BCUT2D eigenvalue weighted by atomic mass is 9.99. The average molecular weight is 506 g/mol. The highest BCUT2D eigenvalue weighted by molar-refractivity contribution is 7.96. The van der Waals surface area contributed by atoms with Crippen molar-refractivity contribution in [1.29, 1.82) is 0 Å². The summed E-state index contributed by atoms with van der Waals surface area (Å²) in [6.07, 6.45) is 7.28. The summed E-state index contributed by atoms with van der Waals surface area (Å²) >= 11 is 1.55. The number of amidine groups is 1. The maximum atomic E-state index is 13.3. The van der Waals surface area contributed by atoms with Gasteiger partial charge in [-0.3, -0.25) is 14.3 Å². The molecule has 3 N–H and O–H groups in total. The number of carbonyl (C=O) groups excluding carboxylic acids is 2. The smallest absolute Gasteiger partial charge is 0.253 e. The molecule has 2 aromatic rings. The summed E-state index contributed by atoms with van der Waals surface area (Å²) in [6.45, 7) is 5.83. The van der Waals surface area contributed by atoms with Gasteiger partial charge in [0, 0.05) is 55.8 Å². The Balaban J connectivity index is 1.55. The lowest BCUT2D eigenvalue weighted by Crippen LogP contribution is -2.37. The normalized spacial score (nSPS) is 15.1. The van der Waals surface area contributed by atoms with Crippen molar-refractivity contribution in [3.05, 3.63) is 59.2 Å². The van der Waals surface area contributed by atoms with Gasteiger partial charge < -0.3 is 15.5 Å². The number of hydrogen-bond acceptors (Lipinski definition) is 6. The molecule has 2 heterocycles. The lowest BCUT2D eigenvalue weighted by Gasteiger charge is -2.23. The molecule has 0 aliphatic carbocycles. The molecule has 4 rings (SSSR count). The van der Waals surface area contributed by atoms with Gasteiger partial charge >= 0.3 is 0 Å². The van der Waals surface area contributed by atoms with Crippen molar-refractivity contribution in [2.24, 2.45) is 10.7 Å². The lowest BCUT2D eigenvalue weighted by molar-refractivity contribution is -0.127. The highest BCUT2D eigenvalue weighted by atomic mass is 32.2. The van der Waals surface area contributed by atoms with Crippen LogP contribution in [0.5, 0.6) is 0 Å².